The number of hydrogen-bond donors (Lipinski definition) is 3. The van der Waals surface area contributed by atoms with Gasteiger partial charge in [-0.1, -0.05) is 41.5 Å². The Labute approximate surface area is 174 Å². The summed E-state index contributed by atoms with van der Waals surface area (Å²) in [4.78, 5) is 0. The lowest BCUT2D eigenvalue weighted by Crippen LogP contribution is -2.55. The molecule has 4 aliphatic carbocycles. The molecule has 7 unspecified atom stereocenters. The monoisotopic (exact) mass is 396 g/mol. The average Bonchev–Trinajstić information content (AvgIpc) is 3.03. The Morgan fingerprint density at radius 3 is 1.93 bits per heavy atom. The van der Waals surface area contributed by atoms with E-state index in [9.17, 15) is 15.3 Å². The van der Waals surface area contributed by atoms with Gasteiger partial charge in [0.1, 0.15) is 0 Å². The zero-order valence-corrected chi connectivity index (χ0v) is 19.7. The van der Waals surface area contributed by atoms with Crippen LogP contribution < -0.4 is 0 Å². The normalized spacial score (nSPS) is 47.4. The minimum Gasteiger partial charge on any atom is -0.393 e. The van der Waals surface area contributed by atoms with Crippen LogP contribution in [0.25, 0.3) is 0 Å². The van der Waals surface area contributed by atoms with E-state index < -0.39 is 5.79 Å². The molecule has 4 fully saturated rings. The summed E-state index contributed by atoms with van der Waals surface area (Å²) < 4.78 is 0. The summed E-state index contributed by atoms with van der Waals surface area (Å²) in [7, 11) is 0. The highest BCUT2D eigenvalue weighted by atomic mass is 16.5. The van der Waals surface area contributed by atoms with Crippen LogP contribution in [0.4, 0.5) is 0 Å². The minimum atomic E-state index is -1.54. The third kappa shape index (κ3) is 3.93. The van der Waals surface area contributed by atoms with Crippen LogP contribution in [0.5, 0.6) is 0 Å². The molecule has 0 spiro atoms. The van der Waals surface area contributed by atoms with Crippen molar-refractivity contribution in [3.05, 3.63) is 0 Å². The molecule has 0 aromatic heterocycles. The first kappa shape index (κ1) is 24.2. The fraction of sp³-hybridized carbons (Fsp3) is 1.00. The van der Waals surface area contributed by atoms with Crippen LogP contribution in [0.1, 0.15) is 106 Å². The standard InChI is InChI=1S/C21H36O3.2C2H6/c1-19-10-8-14(22)12-13(19)4-5-15-16-6-7-18(21(3,23)24)20(16,2)11-9-17(15)19;2*1-2/h13-18,22-24H,4-12H2,1-3H3;2*1-2H3/t13-,14?,15?,16?,17?,18?,19?,20?;;/m0../s1. The molecule has 28 heavy (non-hydrogen) atoms. The molecule has 0 radical (unpaired) electrons. The molecule has 0 aromatic rings. The maximum absolute atomic E-state index is 10.3. The van der Waals surface area contributed by atoms with Crippen molar-refractivity contribution in [3.63, 3.8) is 0 Å². The average molecular weight is 397 g/mol. The molecule has 166 valence electrons. The predicted octanol–water partition coefficient (Wildman–Crippen LogP) is 5.76. The van der Waals surface area contributed by atoms with Crippen LogP contribution in [-0.4, -0.2) is 27.2 Å². The van der Waals surface area contributed by atoms with Gasteiger partial charge >= 0.3 is 0 Å². The second-order valence-corrected chi connectivity index (χ2v) is 10.4. The Balaban J connectivity index is 0.000000660. The van der Waals surface area contributed by atoms with E-state index in [1.807, 2.05) is 27.7 Å². The van der Waals surface area contributed by atoms with Crippen molar-refractivity contribution in [2.75, 3.05) is 0 Å². The van der Waals surface area contributed by atoms with E-state index in [0.29, 0.717) is 17.3 Å². The van der Waals surface area contributed by atoms with Crippen molar-refractivity contribution in [2.45, 2.75) is 118 Å². The van der Waals surface area contributed by atoms with Gasteiger partial charge in [0.2, 0.25) is 0 Å². The van der Waals surface area contributed by atoms with Gasteiger partial charge in [-0.2, -0.15) is 0 Å². The van der Waals surface area contributed by atoms with Gasteiger partial charge in [-0.3, -0.25) is 0 Å². The minimum absolute atomic E-state index is 0.0228. The first-order valence-electron chi connectivity index (χ1n) is 12.3. The summed E-state index contributed by atoms with van der Waals surface area (Å²) in [6.45, 7) is 14.4. The van der Waals surface area contributed by atoms with Crippen molar-refractivity contribution in [1.82, 2.24) is 0 Å². The summed E-state index contributed by atoms with van der Waals surface area (Å²) >= 11 is 0. The first-order chi connectivity index (χ1) is 13.2. The lowest BCUT2D eigenvalue weighted by Gasteiger charge is -2.61. The number of fused-ring (bicyclic) bond motifs is 5. The molecule has 0 bridgehead atoms. The van der Waals surface area contributed by atoms with Gasteiger partial charge in [-0.05, 0) is 99.2 Å². The smallest absolute Gasteiger partial charge is 0.163 e. The van der Waals surface area contributed by atoms with E-state index in [1.54, 1.807) is 6.92 Å². The van der Waals surface area contributed by atoms with Crippen LogP contribution >= 0.6 is 0 Å². The van der Waals surface area contributed by atoms with Gasteiger partial charge in [0.05, 0.1) is 6.10 Å². The van der Waals surface area contributed by atoms with E-state index in [0.717, 1.165) is 37.5 Å². The molecular formula is C25H48O3. The molecule has 3 N–H and O–H groups in total. The molecule has 4 rings (SSSR count). The number of aliphatic hydroxyl groups excluding tert-OH is 1. The Bertz CT molecular complexity index is 499. The highest BCUT2D eigenvalue weighted by Crippen LogP contribution is 2.68. The third-order valence-corrected chi connectivity index (χ3v) is 9.30. The van der Waals surface area contributed by atoms with Crippen LogP contribution in [0, 0.1) is 40.4 Å². The molecule has 4 aliphatic rings. The van der Waals surface area contributed by atoms with E-state index in [1.165, 1.54) is 32.1 Å². The molecule has 3 heteroatoms. The molecule has 8 atom stereocenters. The summed E-state index contributed by atoms with van der Waals surface area (Å²) in [5, 5.41) is 30.7. The zero-order chi connectivity index (χ0) is 21.3. The van der Waals surface area contributed by atoms with Crippen molar-refractivity contribution < 1.29 is 15.3 Å². The van der Waals surface area contributed by atoms with Crippen LogP contribution in [0.15, 0.2) is 0 Å². The molecular weight excluding hydrogens is 348 g/mol. The van der Waals surface area contributed by atoms with Gasteiger partial charge in [0, 0.05) is 5.92 Å². The number of aliphatic hydroxyl groups is 3. The predicted molar refractivity (Wildman–Crippen MR) is 117 cm³/mol. The summed E-state index contributed by atoms with van der Waals surface area (Å²) in [6.07, 6.45) is 10.2. The fourth-order valence-electron chi connectivity index (χ4n) is 8.13. The van der Waals surface area contributed by atoms with Gasteiger partial charge in [0.15, 0.2) is 5.79 Å². The maximum atomic E-state index is 10.3. The Morgan fingerprint density at radius 1 is 0.750 bits per heavy atom. The lowest BCUT2D eigenvalue weighted by atomic mass is 9.44. The Hall–Kier alpha value is -0.120. The largest absolute Gasteiger partial charge is 0.393 e. The van der Waals surface area contributed by atoms with E-state index >= 15 is 0 Å². The van der Waals surface area contributed by atoms with Crippen molar-refractivity contribution >= 4 is 0 Å². The molecule has 3 nitrogen and oxygen atoms in total. The Morgan fingerprint density at radius 2 is 1.32 bits per heavy atom. The summed E-state index contributed by atoms with van der Waals surface area (Å²) in [5.41, 5.74) is 0.500. The molecule has 0 saturated heterocycles. The van der Waals surface area contributed by atoms with Crippen molar-refractivity contribution in [3.8, 4) is 0 Å². The number of rotatable bonds is 1. The molecule has 0 heterocycles. The molecule has 0 amide bonds. The van der Waals surface area contributed by atoms with E-state index in [-0.39, 0.29) is 17.4 Å². The van der Waals surface area contributed by atoms with Crippen LogP contribution in [-0.2, 0) is 0 Å². The number of hydrogen-bond acceptors (Lipinski definition) is 3. The highest BCUT2D eigenvalue weighted by Gasteiger charge is 2.62. The third-order valence-electron chi connectivity index (χ3n) is 9.30. The topological polar surface area (TPSA) is 60.7 Å². The summed E-state index contributed by atoms with van der Waals surface area (Å²) in [6, 6.07) is 0. The van der Waals surface area contributed by atoms with Gasteiger partial charge in [-0.25, -0.2) is 0 Å². The fourth-order valence-corrected chi connectivity index (χ4v) is 8.13. The van der Waals surface area contributed by atoms with E-state index in [2.05, 4.69) is 13.8 Å². The second-order valence-electron chi connectivity index (χ2n) is 10.4. The zero-order valence-electron chi connectivity index (χ0n) is 19.7. The van der Waals surface area contributed by atoms with Crippen LogP contribution in [0.2, 0.25) is 0 Å². The molecule has 0 aromatic carbocycles. The maximum Gasteiger partial charge on any atom is 0.163 e. The van der Waals surface area contributed by atoms with Gasteiger partial charge in [0.25, 0.3) is 0 Å². The van der Waals surface area contributed by atoms with Crippen molar-refractivity contribution in [1.29, 1.82) is 0 Å². The quantitative estimate of drug-likeness (QED) is 0.494. The molecule has 4 saturated carbocycles. The van der Waals surface area contributed by atoms with Crippen molar-refractivity contribution in [2.24, 2.45) is 40.4 Å². The SMILES string of the molecule is CC.CC.CC(O)(O)C1CCC2C3CC[C@H]4CC(O)CCC4(C)C3CCC21C. The highest BCUT2D eigenvalue weighted by molar-refractivity contribution is 5.10. The summed E-state index contributed by atoms with van der Waals surface area (Å²) in [5.74, 6) is 1.38. The van der Waals surface area contributed by atoms with Gasteiger partial charge in [-0.15, -0.1) is 0 Å². The first-order valence-corrected chi connectivity index (χ1v) is 12.3. The molecule has 0 aliphatic heterocycles. The lowest BCUT2D eigenvalue weighted by molar-refractivity contribution is -0.222. The van der Waals surface area contributed by atoms with Crippen LogP contribution in [0.3, 0.4) is 0 Å². The van der Waals surface area contributed by atoms with E-state index in [4.69, 9.17) is 0 Å². The Kier molecular flexibility index (Phi) is 7.71. The second kappa shape index (κ2) is 8.94. The van der Waals surface area contributed by atoms with Gasteiger partial charge < -0.3 is 15.3 Å².